The van der Waals surface area contributed by atoms with Crippen LogP contribution in [0.25, 0.3) is 0 Å². The molecule has 1 atom stereocenters. The lowest BCUT2D eigenvalue weighted by atomic mass is 10.0. The van der Waals surface area contributed by atoms with E-state index in [4.69, 9.17) is 4.74 Å². The summed E-state index contributed by atoms with van der Waals surface area (Å²) in [6.45, 7) is -0.525. The Hall–Kier alpha value is -0.660. The number of likely N-dealkylation sites (N-methyl/N-ethyl adjacent to an activating group) is 1. The highest BCUT2D eigenvalue weighted by Crippen LogP contribution is 2.23. The van der Waals surface area contributed by atoms with E-state index in [-0.39, 0.29) is 29.1 Å². The fourth-order valence-corrected chi connectivity index (χ4v) is 2.12. The second-order valence-electron chi connectivity index (χ2n) is 4.27. The molecular weight excluding hydrogens is 342 g/mol. The van der Waals surface area contributed by atoms with Gasteiger partial charge in [0.05, 0.1) is 4.47 Å². The predicted molar refractivity (Wildman–Crippen MR) is 72.0 cm³/mol. The summed E-state index contributed by atoms with van der Waals surface area (Å²) in [5.41, 5.74) is -0.0346. The molecular formula is C13H16BrF4NO. The van der Waals surface area contributed by atoms with Crippen LogP contribution in [-0.4, -0.2) is 32.7 Å². The van der Waals surface area contributed by atoms with Gasteiger partial charge in [-0.15, -0.1) is 0 Å². The molecule has 0 aromatic heterocycles. The molecule has 0 saturated heterocycles. The van der Waals surface area contributed by atoms with Gasteiger partial charge in [0.2, 0.25) is 0 Å². The van der Waals surface area contributed by atoms with Crippen molar-refractivity contribution in [1.29, 1.82) is 0 Å². The van der Waals surface area contributed by atoms with Crippen molar-refractivity contribution < 1.29 is 22.3 Å². The fraction of sp³-hybridized carbons (Fsp3) is 0.538. The van der Waals surface area contributed by atoms with Crippen molar-refractivity contribution in [2.24, 2.45) is 0 Å². The minimum absolute atomic E-state index is 0.0346. The Morgan fingerprint density at radius 1 is 1.30 bits per heavy atom. The third-order valence-electron chi connectivity index (χ3n) is 2.85. The monoisotopic (exact) mass is 357 g/mol. The molecule has 1 rings (SSSR count). The average Bonchev–Trinajstić information content (AvgIpc) is 2.41. The first kappa shape index (κ1) is 17.4. The van der Waals surface area contributed by atoms with Crippen molar-refractivity contribution >= 4 is 15.9 Å². The molecule has 2 nitrogen and oxygen atoms in total. The lowest BCUT2D eigenvalue weighted by Gasteiger charge is -2.17. The molecule has 0 amide bonds. The largest absolute Gasteiger partial charge is 0.375 e. The van der Waals surface area contributed by atoms with Gasteiger partial charge >= 0.3 is 0 Å². The van der Waals surface area contributed by atoms with Gasteiger partial charge in [0.15, 0.2) is 0 Å². The number of hydrogen-bond donors (Lipinski definition) is 1. The summed E-state index contributed by atoms with van der Waals surface area (Å²) >= 11 is 3.00. The maximum absolute atomic E-state index is 13.8. The zero-order chi connectivity index (χ0) is 15.1. The molecule has 0 saturated carbocycles. The molecule has 0 spiro atoms. The highest BCUT2D eigenvalue weighted by molar-refractivity contribution is 9.10. The smallest absolute Gasteiger partial charge is 0.261 e. The van der Waals surface area contributed by atoms with Crippen LogP contribution in [0.5, 0.6) is 0 Å². The molecule has 0 bridgehead atoms. The Morgan fingerprint density at radius 3 is 2.60 bits per heavy atom. The van der Waals surface area contributed by atoms with Gasteiger partial charge in [-0.1, -0.05) is 0 Å². The first-order chi connectivity index (χ1) is 9.45. The van der Waals surface area contributed by atoms with Gasteiger partial charge in [0, 0.05) is 18.2 Å². The number of hydrogen-bond acceptors (Lipinski definition) is 2. The highest BCUT2D eigenvalue weighted by atomic mass is 79.9. The van der Waals surface area contributed by atoms with Crippen molar-refractivity contribution in [1.82, 2.24) is 5.32 Å². The summed E-state index contributed by atoms with van der Waals surface area (Å²) in [5, 5.41) is 2.90. The maximum Gasteiger partial charge on any atom is 0.261 e. The number of rotatable bonds is 8. The Balaban J connectivity index is 2.58. The number of nitrogens with one attached hydrogen (secondary N) is 1. The number of alkyl halides is 2. The van der Waals surface area contributed by atoms with E-state index >= 15 is 0 Å². The summed E-state index contributed by atoms with van der Waals surface area (Å²) in [7, 11) is 1.64. The topological polar surface area (TPSA) is 21.3 Å². The van der Waals surface area contributed by atoms with Gasteiger partial charge in [-0.05, 0) is 48.0 Å². The first-order valence-electron chi connectivity index (χ1n) is 6.11. The van der Waals surface area contributed by atoms with Crippen LogP contribution < -0.4 is 5.32 Å². The molecule has 0 aliphatic carbocycles. The zero-order valence-corrected chi connectivity index (χ0v) is 12.5. The Morgan fingerprint density at radius 2 is 2.00 bits per heavy atom. The van der Waals surface area contributed by atoms with Crippen molar-refractivity contribution in [3.63, 3.8) is 0 Å². The number of benzene rings is 1. The summed E-state index contributed by atoms with van der Waals surface area (Å²) < 4.78 is 56.2. The van der Waals surface area contributed by atoms with E-state index in [0.717, 1.165) is 0 Å². The molecule has 1 N–H and O–H groups in total. The van der Waals surface area contributed by atoms with Crippen molar-refractivity contribution in [2.45, 2.75) is 25.3 Å². The third-order valence-corrected chi connectivity index (χ3v) is 3.46. The second kappa shape index (κ2) is 8.59. The van der Waals surface area contributed by atoms with E-state index < -0.39 is 24.7 Å². The van der Waals surface area contributed by atoms with Crippen LogP contribution in [0.4, 0.5) is 17.6 Å². The molecule has 0 aliphatic heterocycles. The summed E-state index contributed by atoms with van der Waals surface area (Å²) in [6, 6.07) is 2.22. The quantitative estimate of drug-likeness (QED) is 0.436. The molecule has 0 fully saturated rings. The van der Waals surface area contributed by atoms with E-state index in [0.29, 0.717) is 6.42 Å². The minimum Gasteiger partial charge on any atom is -0.375 e. The van der Waals surface area contributed by atoms with E-state index in [2.05, 4.69) is 21.2 Å². The average molecular weight is 358 g/mol. The molecule has 0 aliphatic rings. The molecule has 1 aromatic rings. The molecule has 7 heteroatoms. The second-order valence-corrected chi connectivity index (χ2v) is 5.12. The van der Waals surface area contributed by atoms with Gasteiger partial charge in [-0.3, -0.25) is 0 Å². The summed E-state index contributed by atoms with van der Waals surface area (Å²) in [5.74, 6) is -1.27. The molecule has 0 radical (unpaired) electrons. The van der Waals surface area contributed by atoms with Crippen LogP contribution in [0.3, 0.4) is 0 Å². The standard InChI is InChI=1S/C13H16BrF4NO/c1-19-8(4-5-20-7-12(16)17)6-9-11(15)3-2-10(14)13(9)18/h2-3,8,12,19H,4-7H2,1H3. The third kappa shape index (κ3) is 5.38. The SMILES string of the molecule is CNC(CCOCC(F)F)Cc1c(F)ccc(Br)c1F. The Kier molecular flexibility index (Phi) is 7.47. The number of ether oxygens (including phenoxy) is 1. The lowest BCUT2D eigenvalue weighted by molar-refractivity contribution is 0.0145. The lowest BCUT2D eigenvalue weighted by Crippen LogP contribution is -2.30. The van der Waals surface area contributed by atoms with Gasteiger partial charge in [-0.25, -0.2) is 17.6 Å². The minimum atomic E-state index is -2.51. The van der Waals surface area contributed by atoms with E-state index in [9.17, 15) is 17.6 Å². The van der Waals surface area contributed by atoms with Crippen LogP contribution in [0.1, 0.15) is 12.0 Å². The number of halogens is 5. The van der Waals surface area contributed by atoms with Crippen molar-refractivity contribution in [3.8, 4) is 0 Å². The molecule has 0 heterocycles. The maximum atomic E-state index is 13.8. The van der Waals surface area contributed by atoms with E-state index in [1.165, 1.54) is 12.1 Å². The first-order valence-corrected chi connectivity index (χ1v) is 6.90. The molecule has 114 valence electrons. The van der Waals surface area contributed by atoms with Gasteiger partial charge in [0.1, 0.15) is 18.2 Å². The van der Waals surface area contributed by atoms with Gasteiger partial charge < -0.3 is 10.1 Å². The van der Waals surface area contributed by atoms with E-state index in [1.807, 2.05) is 0 Å². The predicted octanol–water partition coefficient (Wildman–Crippen LogP) is 3.53. The van der Waals surface area contributed by atoms with Crippen LogP contribution in [0.2, 0.25) is 0 Å². The van der Waals surface area contributed by atoms with E-state index in [1.54, 1.807) is 7.05 Å². The Labute approximate surface area is 123 Å². The normalized spacial score (nSPS) is 12.9. The van der Waals surface area contributed by atoms with Gasteiger partial charge in [-0.2, -0.15) is 0 Å². The summed E-state index contributed by atoms with van der Waals surface area (Å²) in [6.07, 6.45) is -2.01. The van der Waals surface area contributed by atoms with Crippen LogP contribution in [-0.2, 0) is 11.2 Å². The Bertz CT molecular complexity index is 431. The molecule has 1 aromatic carbocycles. The fourth-order valence-electron chi connectivity index (χ4n) is 1.75. The van der Waals surface area contributed by atoms with Crippen LogP contribution in [0, 0.1) is 11.6 Å². The van der Waals surface area contributed by atoms with Crippen LogP contribution in [0.15, 0.2) is 16.6 Å². The molecule has 1 unspecified atom stereocenters. The van der Waals surface area contributed by atoms with Gasteiger partial charge in [0.25, 0.3) is 6.43 Å². The van der Waals surface area contributed by atoms with Crippen molar-refractivity contribution in [2.75, 3.05) is 20.3 Å². The molecule has 20 heavy (non-hydrogen) atoms. The zero-order valence-electron chi connectivity index (χ0n) is 10.9. The summed E-state index contributed by atoms with van der Waals surface area (Å²) in [4.78, 5) is 0. The van der Waals surface area contributed by atoms with Crippen LogP contribution >= 0.6 is 15.9 Å². The van der Waals surface area contributed by atoms with Crippen molar-refractivity contribution in [3.05, 3.63) is 33.8 Å². The highest BCUT2D eigenvalue weighted by Gasteiger charge is 2.17.